The number of imidazole rings is 4. The standard InChI is InChI=1S/C29H33F2N3O5.C29H35N3O5.C28H32ClN3O4.C28H33N3O4/c1-15-8-9-20-23(33(15)29(37)39-4)10-11-24-25(20)32-28(34(24)19-7-5-6-17(12-19)16(2)35)26(36)21-13-18(30)14-22(31)27(21)38-3;1-17-11-12-23-24(31(17)29(35)37-4)13-14-25-26(23)30-28(27(34)20-8-6-10-22(16-20)36-3)32(25)21-9-5-7-19(15-21)18(2)33;1-16-10-11-22-23(31(16)28(35)36-3)12-13-24-25(22)30-27(26(34)19-7-4-8-20(29)14-19)32(24)21-9-5-6-18(15-21)17(2)33;1-17-12-13-22-23(30(17)28(34)35-3)14-15-24-25(22)29-27(26(33)19-8-5-4-6-9-19)31(24)21-11-7-10-20(16-21)18(2)32/h10-11,13-15,17,19,26,36H,5-9,12H2,1-4H3;6,8,10,13-14,16-17,19,21,27,34H,5,7,9,11-12,15H2,1-4H3;4,7-8,12-14,16,18,21,26,34H,5-6,9-11,15H2,1-3H3;4-6,8-9,14-15,17,20-21,26,33H,7,10-13,16H2,1-3H3/t15-,17+,19+,26-;17-,19+,21+,27+;16-,18+,21+,26+;17-,20+,21+,26-/m0000/s1. The highest BCUT2D eigenvalue weighted by atomic mass is 35.5. The van der Waals surface area contributed by atoms with Gasteiger partial charge in [0.25, 0.3) is 0 Å². The Morgan fingerprint density at radius 1 is 0.347 bits per heavy atom. The van der Waals surface area contributed by atoms with Crippen molar-refractivity contribution in [3.05, 3.63) is 224 Å². The Hall–Kier alpha value is -13.0. The molecule has 4 amide bonds. The lowest BCUT2D eigenvalue weighted by Gasteiger charge is -2.34. The molecule has 4 aliphatic heterocycles. The largest absolute Gasteiger partial charge is 0.497 e. The summed E-state index contributed by atoms with van der Waals surface area (Å²) in [4.78, 5) is 126. The van der Waals surface area contributed by atoms with Crippen molar-refractivity contribution >= 4 is 126 Å². The van der Waals surface area contributed by atoms with E-state index in [1.807, 2.05) is 148 Å². The van der Waals surface area contributed by atoms with E-state index in [0.717, 1.165) is 224 Å². The molecule has 8 aliphatic rings. The Bertz CT molecular complexity index is 6980. The molecule has 4 fully saturated rings. The molecule has 16 atom stereocenters. The number of carbonyl (C=O) groups excluding carboxylic acids is 8. The number of ketones is 4. The van der Waals surface area contributed by atoms with Crippen LogP contribution in [0.4, 0.5) is 50.7 Å². The van der Waals surface area contributed by atoms with Crippen LogP contribution in [0.15, 0.2) is 140 Å². The molecule has 4 saturated carbocycles. The highest BCUT2D eigenvalue weighted by Crippen LogP contribution is 2.51. The van der Waals surface area contributed by atoms with Crippen molar-refractivity contribution in [2.24, 2.45) is 23.7 Å². The van der Waals surface area contributed by atoms with Crippen LogP contribution in [0.3, 0.4) is 0 Å². The van der Waals surface area contributed by atoms with Crippen molar-refractivity contribution in [3.8, 4) is 11.5 Å². The number of benzene rings is 8. The van der Waals surface area contributed by atoms with E-state index in [1.165, 1.54) is 35.5 Å². The van der Waals surface area contributed by atoms with E-state index in [-0.39, 0.29) is 124 Å². The van der Waals surface area contributed by atoms with Gasteiger partial charge in [0, 0.05) is 111 Å². The molecule has 8 aromatic carbocycles. The van der Waals surface area contributed by atoms with Crippen molar-refractivity contribution in [1.29, 1.82) is 0 Å². The number of aromatic nitrogens is 8. The molecule has 147 heavy (non-hydrogen) atoms. The molecule has 0 saturated heterocycles. The first-order valence-corrected chi connectivity index (χ1v) is 51.9. The van der Waals surface area contributed by atoms with E-state index in [2.05, 4.69) is 13.7 Å². The molecule has 4 aromatic heterocycles. The maximum Gasteiger partial charge on any atom is 0.414 e. The summed E-state index contributed by atoms with van der Waals surface area (Å²) in [6, 6.07) is 41.5. The minimum absolute atomic E-state index is 0.00524. The van der Waals surface area contributed by atoms with Crippen LogP contribution < -0.4 is 29.1 Å². The summed E-state index contributed by atoms with van der Waals surface area (Å²) in [5.41, 5.74) is 15.5. The van der Waals surface area contributed by atoms with Gasteiger partial charge in [-0.05, 0) is 279 Å². The van der Waals surface area contributed by atoms with Crippen LogP contribution in [-0.2, 0) is 63.8 Å². The number of amides is 4. The first kappa shape index (κ1) is 105. The van der Waals surface area contributed by atoms with Gasteiger partial charge in [0.1, 0.15) is 82.4 Å². The van der Waals surface area contributed by atoms with E-state index < -0.39 is 48.2 Å². The Morgan fingerprint density at radius 3 is 0.946 bits per heavy atom. The van der Waals surface area contributed by atoms with Crippen LogP contribution in [0.25, 0.3) is 44.1 Å². The monoisotopic (exact) mass is 2030 g/mol. The number of hydrogen-bond acceptors (Lipinski definition) is 22. The number of ether oxygens (including phenoxy) is 6. The van der Waals surface area contributed by atoms with Crippen molar-refractivity contribution in [1.82, 2.24) is 38.2 Å². The molecule has 0 radical (unpaired) electrons. The fourth-order valence-corrected chi connectivity index (χ4v) is 24.5. The molecule has 12 aromatic rings. The minimum Gasteiger partial charge on any atom is -0.497 e. The fourth-order valence-electron chi connectivity index (χ4n) is 24.3. The smallest absolute Gasteiger partial charge is 0.414 e. The number of aryl methyl sites for hydroxylation is 4. The van der Waals surface area contributed by atoms with Crippen LogP contribution in [-0.4, -0.2) is 173 Å². The van der Waals surface area contributed by atoms with Gasteiger partial charge in [-0.25, -0.2) is 47.9 Å². The second-order valence-corrected chi connectivity index (χ2v) is 41.3. The Labute approximate surface area is 859 Å². The number of fused-ring (bicyclic) bond motifs is 12. The van der Waals surface area contributed by atoms with E-state index in [1.54, 1.807) is 66.5 Å². The number of rotatable bonds is 18. The molecule has 30 nitrogen and oxygen atoms in total. The second-order valence-electron chi connectivity index (χ2n) is 40.9. The van der Waals surface area contributed by atoms with E-state index in [0.29, 0.717) is 75.9 Å². The summed E-state index contributed by atoms with van der Waals surface area (Å²) in [6.45, 7) is 14.6. The fraction of sp³-hybridized carbons (Fsp3) is 0.474. The van der Waals surface area contributed by atoms with Gasteiger partial charge in [-0.2, -0.15) is 0 Å². The van der Waals surface area contributed by atoms with Gasteiger partial charge in [0.05, 0.1) is 110 Å². The summed E-state index contributed by atoms with van der Waals surface area (Å²) in [7, 11) is 8.39. The number of carbonyl (C=O) groups is 8. The zero-order valence-corrected chi connectivity index (χ0v) is 86.7. The van der Waals surface area contributed by atoms with Gasteiger partial charge in [-0.3, -0.25) is 38.8 Å². The number of halogens is 3. The van der Waals surface area contributed by atoms with Crippen molar-refractivity contribution in [3.63, 3.8) is 0 Å². The topological polar surface area (TPSA) is 357 Å². The summed E-state index contributed by atoms with van der Waals surface area (Å²) in [6.07, 6.45) is 13.5. The average molecular weight is 2030 g/mol. The van der Waals surface area contributed by atoms with Crippen molar-refractivity contribution < 1.29 is 96.0 Å². The quantitative estimate of drug-likeness (QED) is 0.0580. The van der Waals surface area contributed by atoms with E-state index >= 15 is 0 Å². The van der Waals surface area contributed by atoms with Gasteiger partial charge in [-0.15, -0.1) is 0 Å². The SMILES string of the molecule is COC(=O)N1c2ccc3c(nc([C@@H](O)c4cc(F)cc(F)c4OC)n3[C@@H]3CCC[C@@H](C(C)=O)C3)c2CC[C@@H]1C.COC(=O)N1c2ccc3c(nc([C@@H](O)c4ccccc4)n3[C@@H]3CCC[C@@H](C(C)=O)C3)c2CC[C@@H]1C.COC(=O)N1c2ccc3c(nc([C@H](O)c4cccc(Cl)c4)n3[C@@H]3CCC[C@@H](C(C)=O)C3)c2CC[C@@H]1C.COC(=O)N1c2ccc3c(nc([C@H](O)c4cccc(OC)c4)n3[C@@H]3CCC[C@@H](C(C)=O)C3)c2CC[C@@H]1C. The maximum atomic E-state index is 14.6. The van der Waals surface area contributed by atoms with Crippen LogP contribution >= 0.6 is 11.6 Å². The van der Waals surface area contributed by atoms with E-state index in [9.17, 15) is 67.6 Å². The van der Waals surface area contributed by atoms with Gasteiger partial charge in [-0.1, -0.05) is 91.9 Å². The van der Waals surface area contributed by atoms with Crippen LogP contribution in [0.2, 0.25) is 5.02 Å². The predicted molar refractivity (Wildman–Crippen MR) is 556 cm³/mol. The number of nitrogens with zero attached hydrogens (tertiary/aromatic N) is 12. The molecule has 0 spiro atoms. The number of aliphatic hydroxyl groups is 4. The predicted octanol–water partition coefficient (Wildman–Crippen LogP) is 22.3. The summed E-state index contributed by atoms with van der Waals surface area (Å²) >= 11 is 6.24. The Balaban J connectivity index is 0.000000134. The molecule has 0 bridgehead atoms. The van der Waals surface area contributed by atoms with Gasteiger partial charge >= 0.3 is 24.4 Å². The number of anilines is 4. The van der Waals surface area contributed by atoms with Crippen molar-refractivity contribution in [2.45, 2.75) is 282 Å². The third-order valence-corrected chi connectivity index (χ3v) is 32.2. The van der Waals surface area contributed by atoms with Crippen LogP contribution in [0, 0.1) is 35.3 Å². The summed E-state index contributed by atoms with van der Waals surface area (Å²) < 4.78 is 68.1. The average Bonchev–Trinajstić information content (AvgIpc) is 1.60. The maximum absolute atomic E-state index is 14.6. The highest BCUT2D eigenvalue weighted by molar-refractivity contribution is 6.30. The van der Waals surface area contributed by atoms with E-state index in [4.69, 9.17) is 60.0 Å². The molecule has 20 rings (SSSR count). The zero-order valence-electron chi connectivity index (χ0n) is 86.0. The Morgan fingerprint density at radius 2 is 0.646 bits per heavy atom. The first-order chi connectivity index (χ1) is 70.7. The summed E-state index contributed by atoms with van der Waals surface area (Å²) in [5.74, 6) is 1.19. The number of Topliss-reactive ketones (excluding diaryl/α,β-unsaturated/α-hetero) is 4. The number of methoxy groups -OCH3 is 6. The number of aliphatic hydroxyl groups excluding tert-OH is 4. The minimum atomic E-state index is -1.51. The second kappa shape index (κ2) is 45.0. The highest BCUT2D eigenvalue weighted by Gasteiger charge is 2.44. The van der Waals surface area contributed by atoms with Gasteiger partial charge in [0.15, 0.2) is 11.6 Å². The summed E-state index contributed by atoms with van der Waals surface area (Å²) in [5, 5.41) is 46.8. The molecule has 778 valence electrons. The third kappa shape index (κ3) is 20.8. The Kier molecular flexibility index (Phi) is 32.2. The van der Waals surface area contributed by atoms with Crippen molar-refractivity contribution in [2.75, 3.05) is 62.3 Å². The lowest BCUT2D eigenvalue weighted by atomic mass is 9.83. The molecule has 33 heteroatoms. The normalized spacial score (nSPS) is 22.5. The van der Waals surface area contributed by atoms with Gasteiger partial charge < -0.3 is 67.1 Å². The molecule has 4 aliphatic carbocycles. The first-order valence-electron chi connectivity index (χ1n) is 51.5. The molecule has 4 N–H and O–H groups in total. The van der Waals surface area contributed by atoms with Crippen LogP contribution in [0.1, 0.15) is 300 Å². The lowest BCUT2D eigenvalue weighted by Crippen LogP contribution is -2.42. The molecule has 0 unspecified atom stereocenters. The third-order valence-electron chi connectivity index (χ3n) is 32.0. The molecular weight excluding hydrogens is 1900 g/mol. The van der Waals surface area contributed by atoms with Gasteiger partial charge in [0.2, 0.25) is 0 Å². The van der Waals surface area contributed by atoms with Crippen LogP contribution in [0.5, 0.6) is 11.5 Å². The number of hydrogen-bond donors (Lipinski definition) is 4. The zero-order chi connectivity index (χ0) is 105. The lowest BCUT2D eigenvalue weighted by molar-refractivity contribution is -0.122. The molecular formula is C114H133ClF2N12O18. The molecule has 8 heterocycles.